The van der Waals surface area contributed by atoms with Gasteiger partial charge in [-0.2, -0.15) is 0 Å². The molecule has 20 heavy (non-hydrogen) atoms. The summed E-state index contributed by atoms with van der Waals surface area (Å²) < 4.78 is 0. The first-order valence-corrected chi connectivity index (χ1v) is 8.03. The molecule has 1 aromatic heterocycles. The third kappa shape index (κ3) is 3.54. The summed E-state index contributed by atoms with van der Waals surface area (Å²) in [4.78, 5) is 13.6. The van der Waals surface area contributed by atoms with Crippen molar-refractivity contribution in [1.29, 1.82) is 0 Å². The molecule has 0 aromatic carbocycles. The molecule has 0 spiro atoms. The molecule has 1 aromatic rings. The Morgan fingerprint density at radius 3 is 2.65 bits per heavy atom. The van der Waals surface area contributed by atoms with Crippen LogP contribution in [0.1, 0.15) is 49.1 Å². The molecule has 114 valence electrons. The molecule has 0 saturated carbocycles. The number of rotatable bonds is 4. The minimum absolute atomic E-state index is 0. The van der Waals surface area contributed by atoms with Gasteiger partial charge in [0.05, 0.1) is 11.0 Å². The van der Waals surface area contributed by atoms with Gasteiger partial charge in [0.15, 0.2) is 0 Å². The average molecular weight is 317 g/mol. The summed E-state index contributed by atoms with van der Waals surface area (Å²) in [5.41, 5.74) is 8.70. The summed E-state index contributed by atoms with van der Waals surface area (Å²) in [6, 6.07) is -0.413. The minimum Gasteiger partial charge on any atom is -0.320 e. The second kappa shape index (κ2) is 7.43. The van der Waals surface area contributed by atoms with Crippen molar-refractivity contribution in [2.45, 2.75) is 58.9 Å². The Morgan fingerprint density at radius 2 is 2.05 bits per heavy atom. The molecule has 0 fully saturated rings. The predicted molar refractivity (Wildman–Crippen MR) is 89.0 cm³/mol. The first-order valence-electron chi connectivity index (χ1n) is 7.22. The molecule has 3 nitrogen and oxygen atoms in total. The quantitative estimate of drug-likeness (QED) is 0.890. The summed E-state index contributed by atoms with van der Waals surface area (Å²) >= 11 is 1.74. The number of amides is 1. The Balaban J connectivity index is 0.00000200. The molecule has 1 amide bonds. The maximum Gasteiger partial charge on any atom is 0.242 e. The van der Waals surface area contributed by atoms with Crippen LogP contribution in [0.4, 0.5) is 5.00 Å². The van der Waals surface area contributed by atoms with Gasteiger partial charge < -0.3 is 11.1 Å². The monoisotopic (exact) mass is 316 g/mol. The van der Waals surface area contributed by atoms with E-state index in [0.717, 1.165) is 24.3 Å². The molecular formula is C15H25ClN2OS. The molecular weight excluding hydrogens is 292 g/mol. The zero-order valence-corrected chi connectivity index (χ0v) is 14.1. The lowest BCUT2D eigenvalue weighted by Gasteiger charge is -2.17. The predicted octanol–water partition coefficient (Wildman–Crippen LogP) is 3.67. The second-order valence-electron chi connectivity index (χ2n) is 5.57. The fraction of sp³-hybridized carbons (Fsp3) is 0.667. The molecule has 1 aliphatic rings. The van der Waals surface area contributed by atoms with Crippen molar-refractivity contribution in [2.24, 2.45) is 11.7 Å². The fourth-order valence-electron chi connectivity index (χ4n) is 2.55. The van der Waals surface area contributed by atoms with E-state index in [1.165, 1.54) is 28.8 Å². The molecule has 2 atom stereocenters. The van der Waals surface area contributed by atoms with Gasteiger partial charge in [0.2, 0.25) is 5.91 Å². The summed E-state index contributed by atoms with van der Waals surface area (Å²) in [6.45, 7) is 6.20. The van der Waals surface area contributed by atoms with Crippen LogP contribution in [0.2, 0.25) is 0 Å². The van der Waals surface area contributed by atoms with E-state index in [1.54, 1.807) is 11.3 Å². The number of carbonyl (C=O) groups is 1. The Morgan fingerprint density at radius 1 is 1.40 bits per heavy atom. The van der Waals surface area contributed by atoms with Crippen molar-refractivity contribution < 1.29 is 4.79 Å². The van der Waals surface area contributed by atoms with E-state index < -0.39 is 6.04 Å². The molecule has 2 rings (SSSR count). The number of carbonyl (C=O) groups excluding carboxylic acids is 1. The Bertz CT molecular complexity index is 473. The summed E-state index contributed by atoms with van der Waals surface area (Å²) in [6.07, 6.45) is 5.78. The largest absolute Gasteiger partial charge is 0.320 e. The van der Waals surface area contributed by atoms with Gasteiger partial charge in [-0.05, 0) is 49.7 Å². The number of fused-ring (bicyclic) bond motifs is 1. The topological polar surface area (TPSA) is 55.1 Å². The number of anilines is 1. The lowest BCUT2D eigenvalue weighted by atomic mass is 9.96. The fourth-order valence-corrected chi connectivity index (χ4v) is 3.85. The van der Waals surface area contributed by atoms with E-state index in [2.05, 4.69) is 19.2 Å². The number of aryl methyl sites for hydroxylation is 1. The number of thiophene rings is 1. The van der Waals surface area contributed by atoms with Crippen LogP contribution in [-0.2, 0) is 17.6 Å². The van der Waals surface area contributed by atoms with Gasteiger partial charge in [0.25, 0.3) is 0 Å². The van der Waals surface area contributed by atoms with Crippen molar-refractivity contribution in [1.82, 2.24) is 0 Å². The number of hydrogen-bond acceptors (Lipinski definition) is 3. The van der Waals surface area contributed by atoms with Crippen molar-refractivity contribution in [2.75, 3.05) is 5.32 Å². The highest BCUT2D eigenvalue weighted by Crippen LogP contribution is 2.37. The number of hydrogen-bond donors (Lipinski definition) is 2. The molecule has 0 bridgehead atoms. The smallest absolute Gasteiger partial charge is 0.242 e. The van der Waals surface area contributed by atoms with Gasteiger partial charge in [-0.1, -0.05) is 20.3 Å². The first kappa shape index (κ1) is 17.5. The Kier molecular flexibility index (Phi) is 6.49. The van der Waals surface area contributed by atoms with Crippen LogP contribution in [-0.4, -0.2) is 11.9 Å². The highest BCUT2D eigenvalue weighted by atomic mass is 35.5. The van der Waals surface area contributed by atoms with Crippen LogP contribution in [0.15, 0.2) is 0 Å². The molecule has 0 radical (unpaired) electrons. The Labute approximate surface area is 131 Å². The standard InChI is InChI=1S/C15H24N2OS.ClH/c1-4-9(2)13(16)14(18)17-15-10(3)11-7-5-6-8-12(11)19-15;/h9,13H,4-8,16H2,1-3H3,(H,17,18);1H. The second-order valence-corrected chi connectivity index (χ2v) is 6.67. The molecule has 0 aliphatic heterocycles. The van der Waals surface area contributed by atoms with E-state index in [0.29, 0.717) is 0 Å². The average Bonchev–Trinajstić information content (AvgIpc) is 2.74. The minimum atomic E-state index is -0.413. The highest BCUT2D eigenvalue weighted by molar-refractivity contribution is 7.16. The number of nitrogens with two attached hydrogens (primary N) is 1. The van der Waals surface area contributed by atoms with Crippen molar-refractivity contribution >= 4 is 34.7 Å². The zero-order valence-electron chi connectivity index (χ0n) is 12.5. The maximum absolute atomic E-state index is 12.1. The first-order chi connectivity index (χ1) is 9.04. The van der Waals surface area contributed by atoms with Crippen LogP contribution < -0.4 is 11.1 Å². The van der Waals surface area contributed by atoms with Crippen LogP contribution in [0.25, 0.3) is 0 Å². The molecule has 3 N–H and O–H groups in total. The summed E-state index contributed by atoms with van der Waals surface area (Å²) in [5, 5.41) is 4.05. The molecule has 5 heteroatoms. The SMILES string of the molecule is CCC(C)C(N)C(=O)Nc1sc2c(c1C)CCCC2.Cl. The van der Waals surface area contributed by atoms with Gasteiger partial charge in [0, 0.05) is 4.88 Å². The van der Waals surface area contributed by atoms with Crippen LogP contribution in [0, 0.1) is 12.8 Å². The van der Waals surface area contributed by atoms with E-state index in [9.17, 15) is 4.79 Å². The molecule has 2 unspecified atom stereocenters. The normalized spacial score (nSPS) is 16.8. The third-order valence-electron chi connectivity index (χ3n) is 4.23. The van der Waals surface area contributed by atoms with Gasteiger partial charge in [-0.25, -0.2) is 0 Å². The Hall–Kier alpha value is -0.580. The van der Waals surface area contributed by atoms with Crippen LogP contribution in [0.5, 0.6) is 0 Å². The van der Waals surface area contributed by atoms with Crippen molar-refractivity contribution in [3.63, 3.8) is 0 Å². The van der Waals surface area contributed by atoms with Gasteiger partial charge in [-0.15, -0.1) is 23.7 Å². The number of nitrogens with one attached hydrogen (secondary N) is 1. The van der Waals surface area contributed by atoms with Gasteiger partial charge >= 0.3 is 0 Å². The van der Waals surface area contributed by atoms with E-state index in [1.807, 2.05) is 6.92 Å². The molecule has 0 saturated heterocycles. The van der Waals surface area contributed by atoms with Gasteiger partial charge in [0.1, 0.15) is 0 Å². The highest BCUT2D eigenvalue weighted by Gasteiger charge is 2.23. The molecule has 1 aliphatic carbocycles. The van der Waals surface area contributed by atoms with Gasteiger partial charge in [-0.3, -0.25) is 4.79 Å². The van der Waals surface area contributed by atoms with Crippen LogP contribution >= 0.6 is 23.7 Å². The summed E-state index contributed by atoms with van der Waals surface area (Å²) in [7, 11) is 0. The maximum atomic E-state index is 12.1. The zero-order chi connectivity index (χ0) is 14.0. The van der Waals surface area contributed by atoms with Crippen molar-refractivity contribution in [3.8, 4) is 0 Å². The van der Waals surface area contributed by atoms with E-state index in [-0.39, 0.29) is 24.2 Å². The summed E-state index contributed by atoms with van der Waals surface area (Å²) in [5.74, 6) is 0.172. The van der Waals surface area contributed by atoms with E-state index in [4.69, 9.17) is 5.73 Å². The molecule has 1 heterocycles. The van der Waals surface area contributed by atoms with Crippen LogP contribution in [0.3, 0.4) is 0 Å². The van der Waals surface area contributed by atoms with E-state index >= 15 is 0 Å². The lowest BCUT2D eigenvalue weighted by molar-refractivity contribution is -0.118. The third-order valence-corrected chi connectivity index (χ3v) is 5.54. The number of halogens is 1. The van der Waals surface area contributed by atoms with Crippen molar-refractivity contribution in [3.05, 3.63) is 16.0 Å². The lowest BCUT2D eigenvalue weighted by Crippen LogP contribution is -2.40.